The standard InChI is InChI=1S/C15H21N3O6/c1-15(2,3)24-14(22)17-9-4-5-10(16-6-9)13(21)18-7-11(19)12(20)8-23-18/h4-6,11-12,19-20H,7-8H2,1-3H3,(H,17,22)/t11-,12+/m1/s1. The summed E-state index contributed by atoms with van der Waals surface area (Å²) >= 11 is 0. The summed E-state index contributed by atoms with van der Waals surface area (Å²) in [6.45, 7) is 4.91. The van der Waals surface area contributed by atoms with Gasteiger partial charge in [0.15, 0.2) is 0 Å². The number of amides is 2. The molecule has 3 N–H and O–H groups in total. The van der Waals surface area contributed by atoms with Crippen molar-refractivity contribution < 1.29 is 29.4 Å². The van der Waals surface area contributed by atoms with Gasteiger partial charge in [0.1, 0.15) is 30.1 Å². The average molecular weight is 339 g/mol. The van der Waals surface area contributed by atoms with Gasteiger partial charge in [0, 0.05) is 0 Å². The van der Waals surface area contributed by atoms with Gasteiger partial charge in [-0.05, 0) is 32.9 Å². The Labute approximate surface area is 139 Å². The molecule has 0 aromatic carbocycles. The molecule has 0 spiro atoms. The Morgan fingerprint density at radius 3 is 2.58 bits per heavy atom. The number of carbonyl (C=O) groups is 2. The summed E-state index contributed by atoms with van der Waals surface area (Å²) < 4.78 is 5.11. The fraction of sp³-hybridized carbons (Fsp3) is 0.533. The normalized spacial score (nSPS) is 21.3. The van der Waals surface area contributed by atoms with E-state index in [1.807, 2.05) is 0 Å². The lowest BCUT2D eigenvalue weighted by atomic mass is 10.2. The van der Waals surface area contributed by atoms with Crippen LogP contribution in [0.5, 0.6) is 0 Å². The highest BCUT2D eigenvalue weighted by Gasteiger charge is 2.31. The van der Waals surface area contributed by atoms with Crippen molar-refractivity contribution in [3.8, 4) is 0 Å². The van der Waals surface area contributed by atoms with E-state index in [4.69, 9.17) is 9.57 Å². The Morgan fingerprint density at radius 1 is 1.33 bits per heavy atom. The van der Waals surface area contributed by atoms with Gasteiger partial charge >= 0.3 is 6.09 Å². The number of ether oxygens (including phenoxy) is 1. The average Bonchev–Trinajstić information content (AvgIpc) is 2.48. The summed E-state index contributed by atoms with van der Waals surface area (Å²) in [4.78, 5) is 32.9. The molecule has 0 aliphatic carbocycles. The van der Waals surface area contributed by atoms with Gasteiger partial charge < -0.3 is 14.9 Å². The first-order chi connectivity index (χ1) is 11.2. The number of aromatic nitrogens is 1. The molecule has 9 heteroatoms. The molecule has 1 saturated heterocycles. The van der Waals surface area contributed by atoms with Crippen LogP contribution in [0.2, 0.25) is 0 Å². The molecule has 1 aliphatic heterocycles. The van der Waals surface area contributed by atoms with Crippen molar-refractivity contribution in [2.45, 2.75) is 38.6 Å². The number of anilines is 1. The van der Waals surface area contributed by atoms with E-state index in [0.29, 0.717) is 5.69 Å². The minimum absolute atomic E-state index is 0.0772. The predicted octanol–water partition coefficient (Wildman–Crippen LogP) is 0.538. The van der Waals surface area contributed by atoms with E-state index in [-0.39, 0.29) is 18.8 Å². The fourth-order valence-corrected chi connectivity index (χ4v) is 1.91. The van der Waals surface area contributed by atoms with Gasteiger partial charge in [-0.3, -0.25) is 14.9 Å². The third-order valence-corrected chi connectivity index (χ3v) is 3.05. The van der Waals surface area contributed by atoms with Gasteiger partial charge in [-0.25, -0.2) is 14.8 Å². The van der Waals surface area contributed by atoms with Gasteiger partial charge in [-0.2, -0.15) is 0 Å². The summed E-state index contributed by atoms with van der Waals surface area (Å²) in [6.07, 6.45) is -1.41. The lowest BCUT2D eigenvalue weighted by Gasteiger charge is -2.32. The molecule has 9 nitrogen and oxygen atoms in total. The Bertz CT molecular complexity index is 598. The first kappa shape index (κ1) is 18.1. The van der Waals surface area contributed by atoms with Crippen LogP contribution in [0.25, 0.3) is 0 Å². The monoisotopic (exact) mass is 339 g/mol. The molecule has 132 valence electrons. The third-order valence-electron chi connectivity index (χ3n) is 3.05. The summed E-state index contributed by atoms with van der Waals surface area (Å²) in [5.41, 5.74) is -0.172. The van der Waals surface area contributed by atoms with Crippen molar-refractivity contribution in [3.63, 3.8) is 0 Å². The van der Waals surface area contributed by atoms with Crippen molar-refractivity contribution in [2.24, 2.45) is 0 Å². The van der Waals surface area contributed by atoms with Crippen LogP contribution in [-0.4, -0.2) is 63.2 Å². The largest absolute Gasteiger partial charge is 0.444 e. The molecule has 1 aromatic rings. The van der Waals surface area contributed by atoms with Crippen LogP contribution in [0.1, 0.15) is 31.3 Å². The molecule has 1 aromatic heterocycles. The van der Waals surface area contributed by atoms with Crippen LogP contribution < -0.4 is 5.32 Å². The maximum absolute atomic E-state index is 12.2. The summed E-state index contributed by atoms with van der Waals surface area (Å²) in [5, 5.41) is 22.4. The highest BCUT2D eigenvalue weighted by atomic mass is 16.7. The van der Waals surface area contributed by atoms with E-state index in [1.54, 1.807) is 20.8 Å². The number of nitrogens with one attached hydrogen (secondary N) is 1. The van der Waals surface area contributed by atoms with E-state index in [9.17, 15) is 19.8 Å². The summed E-state index contributed by atoms with van der Waals surface area (Å²) in [6, 6.07) is 2.91. The highest BCUT2D eigenvalue weighted by molar-refractivity contribution is 5.92. The summed E-state index contributed by atoms with van der Waals surface area (Å²) in [7, 11) is 0. The fourth-order valence-electron chi connectivity index (χ4n) is 1.91. The molecule has 1 fully saturated rings. The number of carbonyl (C=O) groups excluding carboxylic acids is 2. The van der Waals surface area contributed by atoms with Crippen LogP contribution in [0.3, 0.4) is 0 Å². The molecule has 2 amide bonds. The summed E-state index contributed by atoms with van der Waals surface area (Å²) in [5.74, 6) is -0.551. The van der Waals surface area contributed by atoms with Crippen molar-refractivity contribution in [3.05, 3.63) is 24.0 Å². The Kier molecular flexibility index (Phi) is 5.37. The van der Waals surface area contributed by atoms with E-state index < -0.39 is 29.8 Å². The van der Waals surface area contributed by atoms with Crippen LogP contribution >= 0.6 is 0 Å². The van der Waals surface area contributed by atoms with Crippen molar-refractivity contribution in [1.82, 2.24) is 10.0 Å². The van der Waals surface area contributed by atoms with E-state index in [1.165, 1.54) is 18.3 Å². The molecular formula is C15H21N3O6. The minimum Gasteiger partial charge on any atom is -0.444 e. The van der Waals surface area contributed by atoms with Gasteiger partial charge in [-0.15, -0.1) is 0 Å². The highest BCUT2D eigenvalue weighted by Crippen LogP contribution is 2.14. The van der Waals surface area contributed by atoms with E-state index in [2.05, 4.69) is 10.3 Å². The van der Waals surface area contributed by atoms with Gasteiger partial charge in [-0.1, -0.05) is 0 Å². The molecule has 2 atom stereocenters. The first-order valence-corrected chi connectivity index (χ1v) is 7.42. The lowest BCUT2D eigenvalue weighted by Crippen LogP contribution is -2.50. The number of nitrogens with zero attached hydrogens (tertiary/aromatic N) is 2. The Morgan fingerprint density at radius 2 is 2.04 bits per heavy atom. The zero-order chi connectivity index (χ0) is 17.9. The number of hydrogen-bond acceptors (Lipinski definition) is 7. The zero-order valence-electron chi connectivity index (χ0n) is 13.7. The maximum Gasteiger partial charge on any atom is 0.412 e. The Hall–Kier alpha value is -2.23. The molecule has 0 unspecified atom stereocenters. The number of aliphatic hydroxyl groups is 2. The molecule has 0 bridgehead atoms. The van der Waals surface area contributed by atoms with Gasteiger partial charge in [0.25, 0.3) is 5.91 Å². The first-order valence-electron chi connectivity index (χ1n) is 7.42. The number of aliphatic hydroxyl groups excluding tert-OH is 2. The van der Waals surface area contributed by atoms with Crippen molar-refractivity contribution >= 4 is 17.7 Å². The smallest absolute Gasteiger partial charge is 0.412 e. The molecule has 0 saturated carbocycles. The lowest BCUT2D eigenvalue weighted by molar-refractivity contribution is -0.212. The SMILES string of the molecule is CC(C)(C)OC(=O)Nc1ccc(C(=O)N2C[C@@H](O)[C@@H](O)CO2)nc1. The number of hydrogen-bond donors (Lipinski definition) is 3. The second-order valence-corrected chi connectivity index (χ2v) is 6.36. The third kappa shape index (κ3) is 4.88. The van der Waals surface area contributed by atoms with Crippen LogP contribution in [-0.2, 0) is 9.57 Å². The zero-order valence-corrected chi connectivity index (χ0v) is 13.7. The number of rotatable bonds is 2. The Balaban J connectivity index is 1.96. The number of pyridine rings is 1. The second-order valence-electron chi connectivity index (χ2n) is 6.36. The van der Waals surface area contributed by atoms with Crippen molar-refractivity contribution in [2.75, 3.05) is 18.5 Å². The molecule has 24 heavy (non-hydrogen) atoms. The number of β-amino-alcohol motifs (C(OH)–C–C–N with tert-alkyl or cyclic N) is 1. The van der Waals surface area contributed by atoms with Crippen LogP contribution in [0.15, 0.2) is 18.3 Å². The van der Waals surface area contributed by atoms with E-state index >= 15 is 0 Å². The quantitative estimate of drug-likeness (QED) is 0.719. The van der Waals surface area contributed by atoms with Crippen molar-refractivity contribution in [1.29, 1.82) is 0 Å². The molecule has 0 radical (unpaired) electrons. The molecular weight excluding hydrogens is 318 g/mol. The molecule has 1 aliphatic rings. The molecule has 2 rings (SSSR count). The number of hydroxylamine groups is 2. The van der Waals surface area contributed by atoms with Gasteiger partial charge in [0.05, 0.1) is 18.4 Å². The van der Waals surface area contributed by atoms with Gasteiger partial charge in [0.2, 0.25) is 0 Å². The van der Waals surface area contributed by atoms with Crippen LogP contribution in [0.4, 0.5) is 10.5 Å². The second kappa shape index (κ2) is 7.12. The predicted molar refractivity (Wildman–Crippen MR) is 83.1 cm³/mol. The topological polar surface area (TPSA) is 121 Å². The van der Waals surface area contributed by atoms with Crippen LogP contribution in [0, 0.1) is 0 Å². The maximum atomic E-state index is 12.2. The molecule has 2 heterocycles. The minimum atomic E-state index is -1.07. The van der Waals surface area contributed by atoms with E-state index in [0.717, 1.165) is 5.06 Å².